The fraction of sp³-hybridized carbons (Fsp3) is 0.222. The lowest BCUT2D eigenvalue weighted by Gasteiger charge is -1.93. The Morgan fingerprint density at radius 1 is 1.18 bits per heavy atom. The van der Waals surface area contributed by atoms with Crippen molar-refractivity contribution in [3.05, 3.63) is 35.8 Å². The molecule has 2 aromatic heterocycles. The van der Waals surface area contributed by atoms with Crippen molar-refractivity contribution in [3.63, 3.8) is 0 Å². The molecule has 0 aliphatic carbocycles. The minimum atomic E-state index is 1.02. The molecule has 0 saturated carbocycles. The number of hydrogen-bond donors (Lipinski definition) is 0. The molecule has 0 saturated heterocycles. The smallest absolute Gasteiger partial charge is 0.136 e. The predicted molar refractivity (Wildman–Crippen MR) is 44.7 cm³/mol. The van der Waals surface area contributed by atoms with Crippen LogP contribution in [0.3, 0.4) is 0 Å². The van der Waals surface area contributed by atoms with Crippen molar-refractivity contribution in [3.8, 4) is 0 Å². The van der Waals surface area contributed by atoms with Crippen LogP contribution in [-0.2, 0) is 0 Å². The van der Waals surface area contributed by atoms with Gasteiger partial charge in [-0.05, 0) is 31.0 Å². The van der Waals surface area contributed by atoms with Gasteiger partial charge in [-0.25, -0.2) is 4.98 Å². The average Bonchev–Trinajstić information content (AvgIpc) is 2.27. The van der Waals surface area contributed by atoms with Crippen molar-refractivity contribution in [1.82, 2.24) is 9.38 Å². The van der Waals surface area contributed by atoms with Gasteiger partial charge in [-0.1, -0.05) is 0 Å². The Hall–Kier alpha value is -1.31. The van der Waals surface area contributed by atoms with Gasteiger partial charge < -0.3 is 4.40 Å². The van der Waals surface area contributed by atoms with Gasteiger partial charge in [0.15, 0.2) is 0 Å². The van der Waals surface area contributed by atoms with E-state index in [0.717, 1.165) is 5.65 Å². The van der Waals surface area contributed by atoms with Crippen molar-refractivity contribution in [2.24, 2.45) is 0 Å². The van der Waals surface area contributed by atoms with Crippen LogP contribution in [0.1, 0.15) is 11.1 Å². The molecule has 11 heavy (non-hydrogen) atoms. The lowest BCUT2D eigenvalue weighted by Crippen LogP contribution is -1.85. The molecule has 0 aliphatic rings. The molecule has 56 valence electrons. The third kappa shape index (κ3) is 1.00. The maximum atomic E-state index is 4.26. The van der Waals surface area contributed by atoms with Crippen molar-refractivity contribution in [2.75, 3.05) is 0 Å². The summed E-state index contributed by atoms with van der Waals surface area (Å²) in [5, 5.41) is 0. The van der Waals surface area contributed by atoms with E-state index in [-0.39, 0.29) is 0 Å². The second-order valence-electron chi connectivity index (χ2n) is 2.91. The standard InChI is InChI=1S/C9H10N2/c1-7-3-9-10-4-8(2)6-11(9)5-7/h3-6H,1-2H3. The van der Waals surface area contributed by atoms with E-state index in [2.05, 4.69) is 30.4 Å². The van der Waals surface area contributed by atoms with Gasteiger partial charge in [-0.2, -0.15) is 0 Å². The molecule has 2 heterocycles. The zero-order valence-corrected chi connectivity index (χ0v) is 6.70. The molecular formula is C9H10N2. The van der Waals surface area contributed by atoms with Crippen molar-refractivity contribution >= 4 is 5.65 Å². The van der Waals surface area contributed by atoms with Crippen molar-refractivity contribution in [2.45, 2.75) is 13.8 Å². The quantitative estimate of drug-likeness (QED) is 0.555. The van der Waals surface area contributed by atoms with Gasteiger partial charge in [0.05, 0.1) is 0 Å². The minimum absolute atomic E-state index is 1.02. The summed E-state index contributed by atoms with van der Waals surface area (Å²) in [6, 6.07) is 2.07. The van der Waals surface area contributed by atoms with Gasteiger partial charge in [-0.15, -0.1) is 0 Å². The van der Waals surface area contributed by atoms with E-state index in [1.54, 1.807) is 0 Å². The molecule has 2 aromatic rings. The summed E-state index contributed by atoms with van der Waals surface area (Å²) < 4.78 is 2.05. The maximum Gasteiger partial charge on any atom is 0.136 e. The number of hydrogen-bond acceptors (Lipinski definition) is 1. The van der Waals surface area contributed by atoms with Crippen LogP contribution in [-0.4, -0.2) is 9.38 Å². The molecular weight excluding hydrogens is 136 g/mol. The van der Waals surface area contributed by atoms with Gasteiger partial charge >= 0.3 is 0 Å². The van der Waals surface area contributed by atoms with Crippen LogP contribution in [0.4, 0.5) is 0 Å². The molecule has 0 spiro atoms. The monoisotopic (exact) mass is 146 g/mol. The number of aryl methyl sites for hydroxylation is 2. The molecule has 0 aromatic carbocycles. The van der Waals surface area contributed by atoms with Crippen molar-refractivity contribution in [1.29, 1.82) is 0 Å². The molecule has 0 atom stereocenters. The third-order valence-corrected chi connectivity index (χ3v) is 1.71. The summed E-state index contributed by atoms with van der Waals surface area (Å²) in [6.07, 6.45) is 6.04. The summed E-state index contributed by atoms with van der Waals surface area (Å²) in [5.74, 6) is 0. The zero-order chi connectivity index (χ0) is 7.84. The van der Waals surface area contributed by atoms with Crippen LogP contribution in [0.15, 0.2) is 24.7 Å². The predicted octanol–water partition coefficient (Wildman–Crippen LogP) is 1.95. The number of fused-ring (bicyclic) bond motifs is 1. The van der Waals surface area contributed by atoms with E-state index < -0.39 is 0 Å². The average molecular weight is 146 g/mol. The van der Waals surface area contributed by atoms with Crippen LogP contribution < -0.4 is 0 Å². The zero-order valence-electron chi connectivity index (χ0n) is 6.70. The summed E-state index contributed by atoms with van der Waals surface area (Å²) >= 11 is 0. The second-order valence-corrected chi connectivity index (χ2v) is 2.91. The summed E-state index contributed by atoms with van der Waals surface area (Å²) in [4.78, 5) is 4.26. The lowest BCUT2D eigenvalue weighted by molar-refractivity contribution is 1.10. The normalized spacial score (nSPS) is 10.7. The Morgan fingerprint density at radius 3 is 2.73 bits per heavy atom. The molecule has 0 radical (unpaired) electrons. The Labute approximate surface area is 65.5 Å². The Kier molecular flexibility index (Phi) is 1.22. The first kappa shape index (κ1) is 6.40. The lowest BCUT2D eigenvalue weighted by atomic mass is 10.4. The minimum Gasteiger partial charge on any atom is -0.308 e. The number of rotatable bonds is 0. The molecule has 2 heteroatoms. The first-order valence-corrected chi connectivity index (χ1v) is 3.67. The van der Waals surface area contributed by atoms with E-state index in [0.29, 0.717) is 0 Å². The highest BCUT2D eigenvalue weighted by Crippen LogP contribution is 2.06. The fourth-order valence-corrected chi connectivity index (χ4v) is 1.23. The number of aromatic nitrogens is 2. The van der Waals surface area contributed by atoms with Gasteiger partial charge in [0.2, 0.25) is 0 Å². The highest BCUT2D eigenvalue weighted by Gasteiger charge is 1.94. The van der Waals surface area contributed by atoms with E-state index in [1.807, 2.05) is 17.5 Å². The molecule has 2 rings (SSSR count). The van der Waals surface area contributed by atoms with E-state index in [1.165, 1.54) is 11.1 Å². The van der Waals surface area contributed by atoms with Crippen LogP contribution in [0.25, 0.3) is 5.65 Å². The largest absolute Gasteiger partial charge is 0.308 e. The fourth-order valence-electron chi connectivity index (χ4n) is 1.23. The molecule has 0 amide bonds. The summed E-state index contributed by atoms with van der Waals surface area (Å²) in [7, 11) is 0. The van der Waals surface area contributed by atoms with Gasteiger partial charge in [0.25, 0.3) is 0 Å². The van der Waals surface area contributed by atoms with Crippen LogP contribution >= 0.6 is 0 Å². The molecule has 0 fully saturated rings. The van der Waals surface area contributed by atoms with E-state index in [4.69, 9.17) is 0 Å². The van der Waals surface area contributed by atoms with Crippen molar-refractivity contribution < 1.29 is 0 Å². The summed E-state index contributed by atoms with van der Waals surface area (Å²) in [6.45, 7) is 4.12. The molecule has 2 nitrogen and oxygen atoms in total. The maximum absolute atomic E-state index is 4.26. The van der Waals surface area contributed by atoms with Gasteiger partial charge in [0.1, 0.15) is 5.65 Å². The Bertz CT molecular complexity index is 387. The van der Waals surface area contributed by atoms with Crippen LogP contribution in [0.5, 0.6) is 0 Å². The van der Waals surface area contributed by atoms with Crippen LogP contribution in [0.2, 0.25) is 0 Å². The highest BCUT2D eigenvalue weighted by atomic mass is 15.0. The molecule has 0 unspecified atom stereocenters. The van der Waals surface area contributed by atoms with Crippen LogP contribution in [0, 0.1) is 13.8 Å². The third-order valence-electron chi connectivity index (χ3n) is 1.71. The number of nitrogens with zero attached hydrogens (tertiary/aromatic N) is 2. The Balaban J connectivity index is 2.82. The molecule has 0 aliphatic heterocycles. The molecule has 0 bridgehead atoms. The topological polar surface area (TPSA) is 17.3 Å². The molecule has 0 N–H and O–H groups in total. The van der Waals surface area contributed by atoms with Gasteiger partial charge in [0, 0.05) is 18.6 Å². The van der Waals surface area contributed by atoms with Gasteiger partial charge in [-0.3, -0.25) is 0 Å². The Morgan fingerprint density at radius 2 is 1.91 bits per heavy atom. The first-order chi connectivity index (χ1) is 5.25. The second kappa shape index (κ2) is 2.09. The van der Waals surface area contributed by atoms with E-state index >= 15 is 0 Å². The summed E-state index contributed by atoms with van der Waals surface area (Å²) in [5.41, 5.74) is 3.46. The first-order valence-electron chi connectivity index (χ1n) is 3.67. The highest BCUT2D eigenvalue weighted by molar-refractivity contribution is 5.42. The van der Waals surface area contributed by atoms with E-state index in [9.17, 15) is 0 Å². The SMILES string of the molecule is Cc1cnc2cc(C)cn2c1.